The van der Waals surface area contributed by atoms with Gasteiger partial charge < -0.3 is 15.0 Å². The molecule has 2 amide bonds. The van der Waals surface area contributed by atoms with E-state index in [9.17, 15) is 18.0 Å². The number of piperidine rings is 1. The molecule has 0 aliphatic carbocycles. The molecule has 138 valence electrons. The summed E-state index contributed by atoms with van der Waals surface area (Å²) in [6.07, 6.45) is 0.686. The Labute approximate surface area is 148 Å². The second-order valence-corrected chi connectivity index (χ2v) is 8.44. The topological polar surface area (TPSA) is 92.8 Å². The Bertz CT molecular complexity index is 707. The van der Waals surface area contributed by atoms with Gasteiger partial charge in [-0.25, -0.2) is 8.42 Å². The van der Waals surface area contributed by atoms with Crippen LogP contribution in [0.2, 0.25) is 0 Å². The molecule has 7 nitrogen and oxygen atoms in total. The van der Waals surface area contributed by atoms with E-state index < -0.39 is 26.7 Å². The van der Waals surface area contributed by atoms with Gasteiger partial charge >= 0.3 is 0 Å². The van der Waals surface area contributed by atoms with Crippen LogP contribution in [0.3, 0.4) is 0 Å². The quantitative estimate of drug-likeness (QED) is 0.790. The zero-order valence-corrected chi connectivity index (χ0v) is 15.3. The molecule has 1 saturated heterocycles. The number of nitrogens with zero attached hydrogens (tertiary/aromatic N) is 1. The highest BCUT2D eigenvalue weighted by Gasteiger charge is 2.32. The van der Waals surface area contributed by atoms with E-state index in [2.05, 4.69) is 5.32 Å². The van der Waals surface area contributed by atoms with Crippen molar-refractivity contribution >= 4 is 21.7 Å². The third kappa shape index (κ3) is 5.45. The molecule has 0 aromatic heterocycles. The predicted molar refractivity (Wildman–Crippen MR) is 94.1 cm³/mol. The Hall–Kier alpha value is -2.09. The van der Waals surface area contributed by atoms with Crippen molar-refractivity contribution in [3.05, 3.63) is 29.8 Å². The standard InChI is InChI=1S/C17H24N2O5S/c1-13-3-5-14(6-4-13)24-11-17(21)19-9-7-15(8-10-19)25(22,23)12-16(20)18-2/h3-6,15H,7-12H2,1-2H3,(H,18,20). The number of amides is 2. The van der Waals surface area contributed by atoms with E-state index in [4.69, 9.17) is 4.74 Å². The second kappa shape index (κ2) is 8.33. The number of benzene rings is 1. The van der Waals surface area contributed by atoms with E-state index in [1.807, 2.05) is 19.1 Å². The molecule has 25 heavy (non-hydrogen) atoms. The summed E-state index contributed by atoms with van der Waals surface area (Å²) in [5.74, 6) is -0.548. The number of rotatable bonds is 6. The molecule has 0 bridgehead atoms. The van der Waals surface area contributed by atoms with Crippen LogP contribution in [0.1, 0.15) is 18.4 Å². The van der Waals surface area contributed by atoms with Gasteiger partial charge in [-0.1, -0.05) is 17.7 Å². The minimum Gasteiger partial charge on any atom is -0.484 e. The summed E-state index contributed by atoms with van der Waals surface area (Å²) in [6, 6.07) is 7.42. The largest absolute Gasteiger partial charge is 0.484 e. The van der Waals surface area contributed by atoms with Crippen LogP contribution in [-0.2, 0) is 19.4 Å². The summed E-state index contributed by atoms with van der Waals surface area (Å²) in [5.41, 5.74) is 1.11. The minimum absolute atomic E-state index is 0.0707. The van der Waals surface area contributed by atoms with Crippen molar-refractivity contribution in [1.82, 2.24) is 10.2 Å². The van der Waals surface area contributed by atoms with Gasteiger partial charge in [0, 0.05) is 20.1 Å². The third-order valence-electron chi connectivity index (χ3n) is 4.30. The summed E-state index contributed by atoms with van der Waals surface area (Å²) in [7, 11) is -2.07. The number of sulfone groups is 1. The molecule has 2 rings (SSSR count). The van der Waals surface area contributed by atoms with Gasteiger partial charge in [0.05, 0.1) is 5.25 Å². The van der Waals surface area contributed by atoms with Crippen molar-refractivity contribution in [1.29, 1.82) is 0 Å². The van der Waals surface area contributed by atoms with Crippen molar-refractivity contribution in [2.75, 3.05) is 32.5 Å². The number of aryl methyl sites for hydroxylation is 1. The van der Waals surface area contributed by atoms with Gasteiger partial charge in [0.15, 0.2) is 16.4 Å². The SMILES string of the molecule is CNC(=O)CS(=O)(=O)C1CCN(C(=O)COc2ccc(C)cc2)CC1. The molecule has 1 aromatic carbocycles. The smallest absolute Gasteiger partial charge is 0.260 e. The van der Waals surface area contributed by atoms with Crippen LogP contribution in [0.4, 0.5) is 0 Å². The minimum atomic E-state index is -3.48. The monoisotopic (exact) mass is 368 g/mol. The normalized spacial score (nSPS) is 15.7. The lowest BCUT2D eigenvalue weighted by molar-refractivity contribution is -0.134. The summed E-state index contributed by atoms with van der Waals surface area (Å²) in [6.45, 7) is 2.61. The fourth-order valence-corrected chi connectivity index (χ4v) is 4.38. The zero-order chi connectivity index (χ0) is 18.4. The number of carbonyl (C=O) groups excluding carboxylic acids is 2. The van der Waals surface area contributed by atoms with E-state index in [1.54, 1.807) is 17.0 Å². The molecule has 0 saturated carbocycles. The first-order valence-corrected chi connectivity index (χ1v) is 9.93. The molecule has 0 spiro atoms. The fraction of sp³-hybridized carbons (Fsp3) is 0.529. The number of hydrogen-bond acceptors (Lipinski definition) is 5. The van der Waals surface area contributed by atoms with Gasteiger partial charge in [-0.15, -0.1) is 0 Å². The van der Waals surface area contributed by atoms with Crippen LogP contribution in [-0.4, -0.2) is 62.9 Å². The maximum atomic E-state index is 12.2. The molecule has 1 aliphatic heterocycles. The van der Waals surface area contributed by atoms with Gasteiger partial charge in [0.1, 0.15) is 11.5 Å². The van der Waals surface area contributed by atoms with E-state index in [0.717, 1.165) is 5.56 Å². The van der Waals surface area contributed by atoms with Gasteiger partial charge in [-0.05, 0) is 31.9 Å². The molecule has 1 fully saturated rings. The molecule has 1 aliphatic rings. The van der Waals surface area contributed by atoms with Crippen LogP contribution in [0, 0.1) is 6.92 Å². The maximum Gasteiger partial charge on any atom is 0.260 e. The van der Waals surface area contributed by atoms with Crippen LogP contribution >= 0.6 is 0 Å². The van der Waals surface area contributed by atoms with Crippen molar-refractivity contribution in [3.8, 4) is 5.75 Å². The fourth-order valence-electron chi connectivity index (χ4n) is 2.71. The average molecular weight is 368 g/mol. The first-order valence-electron chi connectivity index (χ1n) is 8.21. The van der Waals surface area contributed by atoms with Crippen molar-refractivity contribution in [3.63, 3.8) is 0 Å². The maximum absolute atomic E-state index is 12.2. The zero-order valence-electron chi connectivity index (χ0n) is 14.5. The van der Waals surface area contributed by atoms with E-state index in [-0.39, 0.29) is 12.5 Å². The van der Waals surface area contributed by atoms with E-state index >= 15 is 0 Å². The molecular weight excluding hydrogens is 344 g/mol. The van der Waals surface area contributed by atoms with Crippen LogP contribution in [0.25, 0.3) is 0 Å². The molecule has 8 heteroatoms. The highest BCUT2D eigenvalue weighted by atomic mass is 32.2. The summed E-state index contributed by atoms with van der Waals surface area (Å²) in [5, 5.41) is 1.75. The Balaban J connectivity index is 1.81. The van der Waals surface area contributed by atoms with Gasteiger partial charge in [-0.2, -0.15) is 0 Å². The van der Waals surface area contributed by atoms with Gasteiger partial charge in [0.25, 0.3) is 5.91 Å². The van der Waals surface area contributed by atoms with Crippen molar-refractivity contribution in [2.45, 2.75) is 25.0 Å². The predicted octanol–water partition coefficient (Wildman–Crippen LogP) is 0.526. The Morgan fingerprint density at radius 3 is 2.36 bits per heavy atom. The lowest BCUT2D eigenvalue weighted by atomic mass is 10.1. The molecule has 0 radical (unpaired) electrons. The number of nitrogens with one attached hydrogen (secondary N) is 1. The van der Waals surface area contributed by atoms with Crippen LogP contribution in [0.15, 0.2) is 24.3 Å². The molecule has 1 aromatic rings. The first kappa shape index (κ1) is 19.2. The van der Waals surface area contributed by atoms with Gasteiger partial charge in [-0.3, -0.25) is 9.59 Å². The number of hydrogen-bond donors (Lipinski definition) is 1. The molecule has 0 unspecified atom stereocenters. The number of likely N-dealkylation sites (tertiary alicyclic amines) is 1. The molecule has 0 atom stereocenters. The number of ether oxygens (including phenoxy) is 1. The highest BCUT2D eigenvalue weighted by Crippen LogP contribution is 2.19. The average Bonchev–Trinajstić information content (AvgIpc) is 2.60. The summed E-state index contributed by atoms with van der Waals surface area (Å²) >= 11 is 0. The Kier molecular flexibility index (Phi) is 6.41. The second-order valence-electron chi connectivity index (χ2n) is 6.16. The highest BCUT2D eigenvalue weighted by molar-refractivity contribution is 7.92. The van der Waals surface area contributed by atoms with Crippen LogP contribution < -0.4 is 10.1 Å². The number of carbonyl (C=O) groups is 2. The third-order valence-corrected chi connectivity index (χ3v) is 6.45. The Morgan fingerprint density at radius 1 is 1.20 bits per heavy atom. The summed E-state index contributed by atoms with van der Waals surface area (Å²) < 4.78 is 29.8. The van der Waals surface area contributed by atoms with Gasteiger partial charge in [0.2, 0.25) is 5.91 Å². The molecule has 1 N–H and O–H groups in total. The van der Waals surface area contributed by atoms with E-state index in [1.165, 1.54) is 7.05 Å². The van der Waals surface area contributed by atoms with Crippen molar-refractivity contribution in [2.24, 2.45) is 0 Å². The Morgan fingerprint density at radius 2 is 1.80 bits per heavy atom. The first-order chi connectivity index (χ1) is 11.8. The molecular formula is C17H24N2O5S. The lowest BCUT2D eigenvalue weighted by Crippen LogP contribution is -2.45. The van der Waals surface area contributed by atoms with Crippen molar-refractivity contribution < 1.29 is 22.7 Å². The molecule has 1 heterocycles. The summed E-state index contributed by atoms with van der Waals surface area (Å²) in [4.78, 5) is 25.1. The van der Waals surface area contributed by atoms with E-state index in [0.29, 0.717) is 31.7 Å². The lowest BCUT2D eigenvalue weighted by Gasteiger charge is -2.31. The van der Waals surface area contributed by atoms with Crippen LogP contribution in [0.5, 0.6) is 5.75 Å².